The van der Waals surface area contributed by atoms with Crippen LogP contribution in [0, 0.1) is 0 Å². The maximum atomic E-state index is 11.9. The zero-order chi connectivity index (χ0) is 18.2. The summed E-state index contributed by atoms with van der Waals surface area (Å²) in [5.74, 6) is 0. The molecule has 2 rings (SSSR count). The molecule has 0 fully saturated rings. The first-order valence-corrected chi connectivity index (χ1v) is 9.47. The van der Waals surface area contributed by atoms with E-state index in [4.69, 9.17) is 11.5 Å². The topological polar surface area (TPSA) is 161 Å². The van der Waals surface area contributed by atoms with Crippen LogP contribution in [0.5, 0.6) is 0 Å². The molecule has 8 nitrogen and oxygen atoms in total. The summed E-state index contributed by atoms with van der Waals surface area (Å²) in [5, 5.41) is 0. The van der Waals surface area contributed by atoms with Gasteiger partial charge in [-0.15, -0.1) is 0 Å². The average Bonchev–Trinajstić information content (AvgIpc) is 2.53. The van der Waals surface area contributed by atoms with Crippen molar-refractivity contribution in [3.05, 3.63) is 71.8 Å². The van der Waals surface area contributed by atoms with E-state index in [1.165, 1.54) is 48.5 Å². The summed E-state index contributed by atoms with van der Waals surface area (Å²) in [6.45, 7) is 0. The summed E-state index contributed by atoms with van der Waals surface area (Å²) >= 11 is 0. The van der Waals surface area contributed by atoms with Gasteiger partial charge in [0, 0.05) is 0 Å². The molecule has 2 aromatic carbocycles. The number of hydrogen-bond donors (Lipinski definition) is 4. The van der Waals surface area contributed by atoms with E-state index in [9.17, 15) is 25.9 Å². The quantitative estimate of drug-likeness (QED) is 0.544. The average molecular weight is 372 g/mol. The Labute approximate surface area is 139 Å². The molecule has 24 heavy (non-hydrogen) atoms. The fourth-order valence-corrected chi connectivity index (χ4v) is 4.86. The molecule has 130 valence electrons. The van der Waals surface area contributed by atoms with Crippen LogP contribution in [0.1, 0.15) is 11.1 Å². The van der Waals surface area contributed by atoms with Crippen molar-refractivity contribution in [1.82, 2.24) is 0 Å². The van der Waals surface area contributed by atoms with E-state index >= 15 is 0 Å². The highest BCUT2D eigenvalue weighted by atomic mass is 32.3. The second-order valence-corrected chi connectivity index (χ2v) is 8.60. The Morgan fingerprint density at radius 3 is 1.21 bits per heavy atom. The Bertz CT molecular complexity index is 856. The van der Waals surface area contributed by atoms with Gasteiger partial charge in [0.05, 0.1) is 0 Å². The van der Waals surface area contributed by atoms with E-state index in [2.05, 4.69) is 0 Å². The molecular formula is C14H16N2O6S2. The van der Waals surface area contributed by atoms with Crippen molar-refractivity contribution in [2.45, 2.75) is 9.74 Å². The first-order valence-electron chi connectivity index (χ1n) is 6.59. The SMILES string of the molecule is NC(c1ccccc1)(c1ccccc1)C(N)(S(=O)(=O)O)S(=O)(=O)O. The molecule has 0 atom stereocenters. The second kappa shape index (κ2) is 5.92. The van der Waals surface area contributed by atoms with Gasteiger partial charge in [-0.05, 0) is 11.1 Å². The molecule has 0 bridgehead atoms. The summed E-state index contributed by atoms with van der Waals surface area (Å²) in [6.07, 6.45) is 0. The molecule has 0 aliphatic heterocycles. The minimum Gasteiger partial charge on any atom is -0.314 e. The first kappa shape index (κ1) is 18.5. The molecule has 10 heteroatoms. The standard InChI is InChI=1S/C14H16N2O6S2/c15-13(11-7-3-1-4-8-11,12-9-5-2-6-10-12)14(16,23(17,18)19)24(20,21)22/h1-10H,15-16H2,(H,17,18,19)(H,20,21,22). The first-order chi connectivity index (χ1) is 11.0. The maximum absolute atomic E-state index is 11.9. The Morgan fingerprint density at radius 2 is 0.958 bits per heavy atom. The molecular weight excluding hydrogens is 356 g/mol. The lowest BCUT2D eigenvalue weighted by Crippen LogP contribution is -2.71. The number of benzene rings is 2. The van der Waals surface area contributed by atoms with Gasteiger partial charge in [-0.3, -0.25) is 14.8 Å². The van der Waals surface area contributed by atoms with Crippen LogP contribution < -0.4 is 11.5 Å². The fourth-order valence-electron chi connectivity index (χ4n) is 2.51. The molecule has 2 aromatic rings. The molecule has 0 saturated heterocycles. The van der Waals surface area contributed by atoms with Crippen molar-refractivity contribution in [1.29, 1.82) is 0 Å². The normalized spacial score (nSPS) is 13.7. The molecule has 0 spiro atoms. The Kier molecular flexibility index (Phi) is 4.57. The third kappa shape index (κ3) is 2.62. The van der Waals surface area contributed by atoms with Crippen LogP contribution in [-0.4, -0.2) is 30.1 Å². The predicted octanol–water partition coefficient (Wildman–Crippen LogP) is 0.277. The molecule has 0 saturated carbocycles. The predicted molar refractivity (Wildman–Crippen MR) is 87.9 cm³/mol. The Balaban J connectivity index is 3.01. The highest BCUT2D eigenvalue weighted by Crippen LogP contribution is 2.41. The lowest BCUT2D eigenvalue weighted by atomic mass is 9.83. The van der Waals surface area contributed by atoms with E-state index in [0.29, 0.717) is 0 Å². The minimum absolute atomic E-state index is 0.0334. The van der Waals surface area contributed by atoms with Gasteiger partial charge in [-0.25, -0.2) is 0 Å². The van der Waals surface area contributed by atoms with Crippen LogP contribution in [0.15, 0.2) is 60.7 Å². The number of hydrogen-bond acceptors (Lipinski definition) is 6. The summed E-state index contributed by atoms with van der Waals surface area (Å²) in [6, 6.07) is 14.5. The lowest BCUT2D eigenvalue weighted by Gasteiger charge is -2.41. The summed E-state index contributed by atoms with van der Waals surface area (Å²) in [7, 11) is -11.1. The monoisotopic (exact) mass is 372 g/mol. The smallest absolute Gasteiger partial charge is 0.304 e. The van der Waals surface area contributed by atoms with Crippen molar-refractivity contribution in [2.75, 3.05) is 0 Å². The fraction of sp³-hybridized carbons (Fsp3) is 0.143. The van der Waals surface area contributed by atoms with Gasteiger partial charge in [-0.1, -0.05) is 60.7 Å². The summed E-state index contributed by atoms with van der Waals surface area (Å²) in [4.78, 5) is 0. The zero-order valence-corrected chi connectivity index (χ0v) is 13.9. The zero-order valence-electron chi connectivity index (χ0n) is 12.3. The van der Waals surface area contributed by atoms with Crippen LogP contribution in [0.25, 0.3) is 0 Å². The van der Waals surface area contributed by atoms with Crippen molar-refractivity contribution >= 4 is 20.2 Å². The highest BCUT2D eigenvalue weighted by Gasteiger charge is 2.66. The van der Waals surface area contributed by atoms with Gasteiger partial charge in [0.15, 0.2) is 0 Å². The molecule has 6 N–H and O–H groups in total. The Morgan fingerprint density at radius 1 is 0.667 bits per heavy atom. The molecule has 0 amide bonds. The molecule has 0 radical (unpaired) electrons. The van der Waals surface area contributed by atoms with E-state index in [0.717, 1.165) is 0 Å². The van der Waals surface area contributed by atoms with Crippen LogP contribution in [0.3, 0.4) is 0 Å². The van der Waals surface area contributed by atoms with Gasteiger partial charge >= 0.3 is 20.2 Å². The van der Waals surface area contributed by atoms with E-state index in [1.807, 2.05) is 0 Å². The highest BCUT2D eigenvalue weighted by molar-refractivity contribution is 8.05. The largest absolute Gasteiger partial charge is 0.314 e. The molecule has 0 unspecified atom stereocenters. The Hall–Kier alpha value is -1.82. The lowest BCUT2D eigenvalue weighted by molar-refractivity contribution is 0.358. The van der Waals surface area contributed by atoms with Crippen molar-refractivity contribution in [2.24, 2.45) is 11.5 Å². The van der Waals surface area contributed by atoms with Gasteiger partial charge < -0.3 is 5.73 Å². The van der Waals surface area contributed by atoms with Crippen molar-refractivity contribution in [3.8, 4) is 0 Å². The van der Waals surface area contributed by atoms with Crippen molar-refractivity contribution < 1.29 is 25.9 Å². The molecule has 0 aliphatic rings. The molecule has 0 heterocycles. The van der Waals surface area contributed by atoms with Gasteiger partial charge in [0.25, 0.3) is 4.20 Å². The third-order valence-electron chi connectivity index (χ3n) is 3.77. The van der Waals surface area contributed by atoms with Gasteiger partial charge in [0.2, 0.25) is 0 Å². The number of nitrogens with two attached hydrogens (primary N) is 2. The van der Waals surface area contributed by atoms with E-state index in [1.54, 1.807) is 12.1 Å². The van der Waals surface area contributed by atoms with Crippen molar-refractivity contribution in [3.63, 3.8) is 0 Å². The van der Waals surface area contributed by atoms with Crippen LogP contribution in [0.4, 0.5) is 0 Å². The molecule has 0 aromatic heterocycles. The van der Waals surface area contributed by atoms with E-state index in [-0.39, 0.29) is 11.1 Å². The van der Waals surface area contributed by atoms with E-state index < -0.39 is 30.0 Å². The summed E-state index contributed by atoms with van der Waals surface area (Å²) in [5.41, 5.74) is 9.23. The van der Waals surface area contributed by atoms with Gasteiger partial charge in [0.1, 0.15) is 5.54 Å². The second-order valence-electron chi connectivity index (χ2n) is 5.16. The van der Waals surface area contributed by atoms with Crippen LogP contribution >= 0.6 is 0 Å². The maximum Gasteiger partial charge on any atom is 0.304 e. The third-order valence-corrected chi connectivity index (χ3v) is 7.21. The molecule has 0 aliphatic carbocycles. The van der Waals surface area contributed by atoms with Gasteiger partial charge in [-0.2, -0.15) is 16.8 Å². The van der Waals surface area contributed by atoms with Crippen LogP contribution in [0.2, 0.25) is 0 Å². The summed E-state index contributed by atoms with van der Waals surface area (Å²) < 4.78 is 63.1. The number of rotatable bonds is 5. The van der Waals surface area contributed by atoms with Crippen LogP contribution in [-0.2, 0) is 25.8 Å². The minimum atomic E-state index is -5.56.